The molecule has 1 amide bonds. The molecule has 100 valence electrons. The van der Waals surface area contributed by atoms with Gasteiger partial charge in [-0.25, -0.2) is 0 Å². The molecule has 0 aliphatic heterocycles. The molecule has 0 unspecified atom stereocenters. The first kappa shape index (κ1) is 14.5. The predicted octanol–water partition coefficient (Wildman–Crippen LogP) is 1.54. The molecule has 0 aromatic heterocycles. The Hall–Kier alpha value is -1.55. The summed E-state index contributed by atoms with van der Waals surface area (Å²) in [5.74, 6) is 0.580. The van der Waals surface area contributed by atoms with Crippen LogP contribution in [0.3, 0.4) is 0 Å². The molecule has 0 radical (unpaired) electrons. The normalized spacial score (nSPS) is 11.2. The molecule has 4 nitrogen and oxygen atoms in total. The average Bonchev–Trinajstić information content (AvgIpc) is 2.24. The number of nitrogens with one attached hydrogen (secondary N) is 1. The highest BCUT2D eigenvalue weighted by Crippen LogP contribution is 2.18. The highest BCUT2D eigenvalue weighted by molar-refractivity contribution is 5.77. The Labute approximate surface area is 109 Å². The zero-order valence-corrected chi connectivity index (χ0v) is 11.5. The maximum Gasteiger partial charge on any atom is 0.258 e. The van der Waals surface area contributed by atoms with Crippen molar-refractivity contribution < 1.29 is 9.53 Å². The van der Waals surface area contributed by atoms with E-state index in [2.05, 4.69) is 5.32 Å². The van der Waals surface area contributed by atoms with Gasteiger partial charge in [-0.05, 0) is 39.3 Å². The Balaban J connectivity index is 2.43. The Kier molecular flexibility index (Phi) is 4.73. The second-order valence-electron chi connectivity index (χ2n) is 5.32. The second-order valence-corrected chi connectivity index (χ2v) is 5.32. The van der Waals surface area contributed by atoms with Crippen molar-refractivity contribution in [1.29, 1.82) is 0 Å². The highest BCUT2D eigenvalue weighted by atomic mass is 16.5. The van der Waals surface area contributed by atoms with E-state index in [1.165, 1.54) is 5.56 Å². The minimum atomic E-state index is -0.407. The zero-order valence-electron chi connectivity index (χ0n) is 11.5. The lowest BCUT2D eigenvalue weighted by molar-refractivity contribution is -0.123. The fraction of sp³-hybridized carbons (Fsp3) is 0.500. The van der Waals surface area contributed by atoms with Crippen molar-refractivity contribution in [2.24, 2.45) is 5.73 Å². The van der Waals surface area contributed by atoms with Gasteiger partial charge in [-0.1, -0.05) is 17.7 Å². The van der Waals surface area contributed by atoms with E-state index in [0.29, 0.717) is 6.54 Å². The summed E-state index contributed by atoms with van der Waals surface area (Å²) in [6.45, 7) is 8.15. The first-order valence-electron chi connectivity index (χ1n) is 6.03. The number of hydrogen-bond acceptors (Lipinski definition) is 3. The van der Waals surface area contributed by atoms with Crippen LogP contribution in [0.4, 0.5) is 0 Å². The van der Waals surface area contributed by atoms with Gasteiger partial charge in [-0.15, -0.1) is 0 Å². The molecule has 0 saturated carbocycles. The largest absolute Gasteiger partial charge is 0.484 e. The summed E-state index contributed by atoms with van der Waals surface area (Å²) in [5, 5.41) is 2.73. The van der Waals surface area contributed by atoms with Gasteiger partial charge in [-0.2, -0.15) is 0 Å². The molecular weight excluding hydrogens is 228 g/mol. The summed E-state index contributed by atoms with van der Waals surface area (Å²) in [6, 6.07) is 5.87. The van der Waals surface area contributed by atoms with Gasteiger partial charge in [0.25, 0.3) is 5.91 Å². The lowest BCUT2D eigenvalue weighted by Crippen LogP contribution is -2.46. The maximum atomic E-state index is 11.5. The Bertz CT molecular complexity index is 422. The molecule has 1 aromatic carbocycles. The van der Waals surface area contributed by atoms with E-state index in [1.54, 1.807) is 0 Å². The van der Waals surface area contributed by atoms with Crippen LogP contribution in [0.5, 0.6) is 5.75 Å². The van der Waals surface area contributed by atoms with E-state index < -0.39 is 5.54 Å². The number of carbonyl (C=O) groups is 1. The molecule has 18 heavy (non-hydrogen) atoms. The van der Waals surface area contributed by atoms with Crippen LogP contribution in [0.15, 0.2) is 18.2 Å². The van der Waals surface area contributed by atoms with Crippen molar-refractivity contribution in [3.63, 3.8) is 0 Å². The van der Waals surface area contributed by atoms with Gasteiger partial charge in [0.05, 0.1) is 0 Å². The number of rotatable bonds is 5. The fourth-order valence-electron chi connectivity index (χ4n) is 1.48. The number of hydrogen-bond donors (Lipinski definition) is 2. The number of ether oxygens (including phenoxy) is 1. The quantitative estimate of drug-likeness (QED) is 0.833. The SMILES string of the molecule is Cc1ccc(OCC(=O)NCC(C)(C)N)c(C)c1. The van der Waals surface area contributed by atoms with Crippen LogP contribution >= 0.6 is 0 Å². The van der Waals surface area contributed by atoms with Crippen LogP contribution in [-0.2, 0) is 4.79 Å². The third-order valence-corrected chi connectivity index (χ3v) is 2.43. The smallest absolute Gasteiger partial charge is 0.258 e. The molecule has 0 atom stereocenters. The first-order chi connectivity index (χ1) is 8.28. The summed E-state index contributed by atoms with van der Waals surface area (Å²) in [4.78, 5) is 11.5. The lowest BCUT2D eigenvalue weighted by Gasteiger charge is -2.19. The Morgan fingerprint density at radius 1 is 1.39 bits per heavy atom. The molecule has 0 aliphatic carbocycles. The molecule has 0 aliphatic rings. The van der Waals surface area contributed by atoms with E-state index >= 15 is 0 Å². The molecular formula is C14H22N2O2. The predicted molar refractivity (Wildman–Crippen MR) is 72.7 cm³/mol. The molecule has 0 spiro atoms. The van der Waals surface area contributed by atoms with Gasteiger partial charge in [0.2, 0.25) is 0 Å². The number of aryl methyl sites for hydroxylation is 2. The van der Waals surface area contributed by atoms with Crippen LogP contribution in [0.25, 0.3) is 0 Å². The number of amides is 1. The summed E-state index contributed by atoms with van der Waals surface area (Å²) >= 11 is 0. The van der Waals surface area contributed by atoms with Gasteiger partial charge in [0, 0.05) is 12.1 Å². The maximum absolute atomic E-state index is 11.5. The van der Waals surface area contributed by atoms with E-state index in [4.69, 9.17) is 10.5 Å². The van der Waals surface area contributed by atoms with Crippen molar-refractivity contribution in [3.8, 4) is 5.75 Å². The standard InChI is InChI=1S/C14H22N2O2/c1-10-5-6-12(11(2)7-10)18-8-13(17)16-9-14(3,4)15/h5-7H,8-9,15H2,1-4H3,(H,16,17). The first-order valence-corrected chi connectivity index (χ1v) is 6.03. The molecule has 0 saturated heterocycles. The van der Waals surface area contributed by atoms with E-state index in [0.717, 1.165) is 11.3 Å². The van der Waals surface area contributed by atoms with Crippen molar-refractivity contribution in [2.45, 2.75) is 33.2 Å². The van der Waals surface area contributed by atoms with Crippen LogP contribution in [-0.4, -0.2) is 24.6 Å². The number of nitrogens with two attached hydrogens (primary N) is 1. The van der Waals surface area contributed by atoms with Crippen LogP contribution in [0.1, 0.15) is 25.0 Å². The lowest BCUT2D eigenvalue weighted by atomic mass is 10.1. The molecule has 0 fully saturated rings. The third kappa shape index (κ3) is 5.19. The monoisotopic (exact) mass is 250 g/mol. The van der Waals surface area contributed by atoms with Crippen molar-refractivity contribution >= 4 is 5.91 Å². The van der Waals surface area contributed by atoms with Gasteiger partial charge in [0.15, 0.2) is 6.61 Å². The van der Waals surface area contributed by atoms with E-state index in [-0.39, 0.29) is 12.5 Å². The third-order valence-electron chi connectivity index (χ3n) is 2.43. The van der Waals surface area contributed by atoms with Gasteiger partial charge in [0.1, 0.15) is 5.75 Å². The summed E-state index contributed by atoms with van der Waals surface area (Å²) in [6.07, 6.45) is 0. The fourth-order valence-corrected chi connectivity index (χ4v) is 1.48. The Morgan fingerprint density at radius 3 is 2.61 bits per heavy atom. The average molecular weight is 250 g/mol. The highest BCUT2D eigenvalue weighted by Gasteiger charge is 2.12. The number of benzene rings is 1. The zero-order chi connectivity index (χ0) is 13.8. The van der Waals surface area contributed by atoms with Crippen LogP contribution < -0.4 is 15.8 Å². The van der Waals surface area contributed by atoms with Crippen LogP contribution in [0.2, 0.25) is 0 Å². The van der Waals surface area contributed by atoms with Gasteiger partial charge >= 0.3 is 0 Å². The molecule has 3 N–H and O–H groups in total. The molecule has 1 rings (SSSR count). The molecule has 1 aromatic rings. The van der Waals surface area contributed by atoms with Crippen LogP contribution in [0, 0.1) is 13.8 Å². The summed E-state index contributed by atoms with van der Waals surface area (Å²) in [5.41, 5.74) is 7.57. The summed E-state index contributed by atoms with van der Waals surface area (Å²) < 4.78 is 5.47. The van der Waals surface area contributed by atoms with Crippen molar-refractivity contribution in [3.05, 3.63) is 29.3 Å². The number of carbonyl (C=O) groups excluding carboxylic acids is 1. The molecule has 0 heterocycles. The van der Waals surface area contributed by atoms with E-state index in [1.807, 2.05) is 45.9 Å². The topological polar surface area (TPSA) is 64.3 Å². The second kappa shape index (κ2) is 5.87. The van der Waals surface area contributed by atoms with Crippen molar-refractivity contribution in [1.82, 2.24) is 5.32 Å². The minimum absolute atomic E-state index is 0.0139. The van der Waals surface area contributed by atoms with Gasteiger partial charge in [-0.3, -0.25) is 4.79 Å². The Morgan fingerprint density at radius 2 is 2.06 bits per heavy atom. The molecule has 4 heteroatoms. The van der Waals surface area contributed by atoms with E-state index in [9.17, 15) is 4.79 Å². The summed E-state index contributed by atoms with van der Waals surface area (Å²) in [7, 11) is 0. The van der Waals surface area contributed by atoms with Gasteiger partial charge < -0.3 is 15.8 Å². The minimum Gasteiger partial charge on any atom is -0.484 e. The van der Waals surface area contributed by atoms with Crippen molar-refractivity contribution in [2.75, 3.05) is 13.2 Å². The molecule has 0 bridgehead atoms.